The molecule has 1 rings (SSSR count). The summed E-state index contributed by atoms with van der Waals surface area (Å²) in [5.74, 6) is -1.65. The van der Waals surface area contributed by atoms with Gasteiger partial charge in [0.15, 0.2) is 0 Å². The number of nitrogens with zero attached hydrogens (tertiary/aromatic N) is 2. The van der Waals surface area contributed by atoms with E-state index >= 15 is 0 Å². The summed E-state index contributed by atoms with van der Waals surface area (Å²) in [5, 5.41) is 4.13. The lowest BCUT2D eigenvalue weighted by Gasteiger charge is -2.23. The molecule has 0 aliphatic carbocycles. The quantitative estimate of drug-likeness (QED) is 0.874. The van der Waals surface area contributed by atoms with Crippen molar-refractivity contribution < 1.29 is 13.2 Å². The number of halogens is 3. The van der Waals surface area contributed by atoms with Gasteiger partial charge in [-0.05, 0) is 0 Å². The minimum absolute atomic E-state index is 0.176. The summed E-state index contributed by atoms with van der Waals surface area (Å²) in [6, 6.07) is 0. The van der Waals surface area contributed by atoms with Gasteiger partial charge in [0, 0.05) is 30.8 Å². The molecule has 2 N–H and O–H groups in total. The van der Waals surface area contributed by atoms with Crippen molar-refractivity contribution in [3.8, 4) is 0 Å². The second kappa shape index (κ2) is 4.33. The van der Waals surface area contributed by atoms with Gasteiger partial charge >= 0.3 is 6.18 Å². The molecular weight excluding hydrogens is 231 g/mol. The third-order valence-electron chi connectivity index (χ3n) is 2.57. The van der Waals surface area contributed by atoms with Crippen molar-refractivity contribution >= 4 is 0 Å². The maximum atomic E-state index is 12.9. The second-order valence-corrected chi connectivity index (χ2v) is 5.19. The van der Waals surface area contributed by atoms with Crippen LogP contribution in [0.5, 0.6) is 0 Å². The Morgan fingerprint density at radius 3 is 2.24 bits per heavy atom. The normalized spacial score (nSPS) is 15.1. The van der Waals surface area contributed by atoms with Crippen LogP contribution < -0.4 is 5.73 Å². The number of alkyl halides is 3. The van der Waals surface area contributed by atoms with Crippen LogP contribution in [-0.2, 0) is 12.5 Å². The molecule has 1 atom stereocenters. The summed E-state index contributed by atoms with van der Waals surface area (Å²) in [6.07, 6.45) is -2.93. The Morgan fingerprint density at radius 2 is 1.88 bits per heavy atom. The molecule has 6 heteroatoms. The van der Waals surface area contributed by atoms with Gasteiger partial charge < -0.3 is 5.73 Å². The third-order valence-corrected chi connectivity index (χ3v) is 2.57. The summed E-state index contributed by atoms with van der Waals surface area (Å²) in [6.45, 7) is 5.05. The molecule has 0 aromatic carbocycles. The van der Waals surface area contributed by atoms with E-state index in [0.29, 0.717) is 5.69 Å². The fourth-order valence-electron chi connectivity index (χ4n) is 1.78. The first-order valence-electron chi connectivity index (χ1n) is 5.38. The second-order valence-electron chi connectivity index (χ2n) is 5.19. The molecule has 17 heavy (non-hydrogen) atoms. The zero-order valence-corrected chi connectivity index (χ0v) is 10.5. The maximum absolute atomic E-state index is 12.9. The van der Waals surface area contributed by atoms with E-state index in [4.69, 9.17) is 5.73 Å². The molecule has 0 radical (unpaired) electrons. The Kier molecular flexibility index (Phi) is 3.57. The third kappa shape index (κ3) is 3.00. The largest absolute Gasteiger partial charge is 0.397 e. The molecule has 0 saturated heterocycles. The number of hydrogen-bond acceptors (Lipinski definition) is 2. The molecule has 0 bridgehead atoms. The van der Waals surface area contributed by atoms with Crippen molar-refractivity contribution in [1.29, 1.82) is 0 Å². The van der Waals surface area contributed by atoms with E-state index in [1.54, 1.807) is 7.05 Å². The van der Waals surface area contributed by atoms with E-state index in [1.165, 1.54) is 10.9 Å². The Balaban J connectivity index is 3.30. The van der Waals surface area contributed by atoms with Crippen LogP contribution in [0.2, 0.25) is 0 Å². The molecule has 0 saturated carbocycles. The average Bonchev–Trinajstić information content (AvgIpc) is 2.45. The fraction of sp³-hybridized carbons (Fsp3) is 0.727. The summed E-state index contributed by atoms with van der Waals surface area (Å²) in [4.78, 5) is 0. The van der Waals surface area contributed by atoms with E-state index in [2.05, 4.69) is 5.10 Å². The van der Waals surface area contributed by atoms with Crippen LogP contribution in [0.3, 0.4) is 0 Å². The molecule has 0 fully saturated rings. The molecule has 0 aliphatic heterocycles. The van der Waals surface area contributed by atoms with Crippen LogP contribution in [0.4, 0.5) is 13.2 Å². The van der Waals surface area contributed by atoms with Crippen LogP contribution in [0.15, 0.2) is 6.20 Å². The highest BCUT2D eigenvalue weighted by Gasteiger charge is 2.43. The Bertz CT molecular complexity index is 388. The van der Waals surface area contributed by atoms with Gasteiger partial charge in [-0.1, -0.05) is 20.8 Å². The highest BCUT2D eigenvalue weighted by Crippen LogP contribution is 2.38. The summed E-state index contributed by atoms with van der Waals surface area (Å²) in [5.41, 5.74) is 5.45. The molecule has 1 unspecified atom stereocenters. The molecule has 1 aromatic rings. The highest BCUT2D eigenvalue weighted by atomic mass is 19.4. The van der Waals surface area contributed by atoms with Gasteiger partial charge in [-0.15, -0.1) is 0 Å². The van der Waals surface area contributed by atoms with Gasteiger partial charge in [0.1, 0.15) is 0 Å². The van der Waals surface area contributed by atoms with Crippen molar-refractivity contribution in [3.63, 3.8) is 0 Å². The first kappa shape index (κ1) is 14.0. The highest BCUT2D eigenvalue weighted by molar-refractivity contribution is 5.29. The monoisotopic (exact) mass is 249 g/mol. The predicted molar refractivity (Wildman–Crippen MR) is 59.8 cm³/mol. The molecule has 1 heterocycles. The Morgan fingerprint density at radius 1 is 1.35 bits per heavy atom. The standard InChI is InChI=1S/C11H18F3N3/c1-10(2,3)9-7(6-17(4)16-9)8(5-15)11(12,13)14/h6,8H,5,15H2,1-4H3. The van der Waals surface area contributed by atoms with Crippen LogP contribution in [0, 0.1) is 0 Å². The van der Waals surface area contributed by atoms with E-state index in [9.17, 15) is 13.2 Å². The first-order chi connectivity index (χ1) is 7.57. The molecule has 0 spiro atoms. The zero-order chi connectivity index (χ0) is 13.4. The predicted octanol–water partition coefficient (Wildman–Crippen LogP) is 2.32. The smallest absolute Gasteiger partial charge is 0.330 e. The minimum Gasteiger partial charge on any atom is -0.330 e. The summed E-state index contributed by atoms with van der Waals surface area (Å²) < 4.78 is 40.0. The molecule has 0 aliphatic rings. The molecule has 1 aromatic heterocycles. The Labute approximate surface area is 98.8 Å². The van der Waals surface area contributed by atoms with Crippen molar-refractivity contribution in [1.82, 2.24) is 9.78 Å². The summed E-state index contributed by atoms with van der Waals surface area (Å²) in [7, 11) is 1.61. The van der Waals surface area contributed by atoms with Gasteiger partial charge in [-0.3, -0.25) is 4.68 Å². The number of nitrogens with two attached hydrogens (primary N) is 1. The van der Waals surface area contributed by atoms with Gasteiger partial charge in [-0.2, -0.15) is 18.3 Å². The lowest BCUT2D eigenvalue weighted by Crippen LogP contribution is -2.30. The van der Waals surface area contributed by atoms with E-state index in [-0.39, 0.29) is 5.56 Å². The van der Waals surface area contributed by atoms with Crippen molar-refractivity contribution in [2.75, 3.05) is 6.54 Å². The number of rotatable bonds is 2. The molecule has 0 amide bonds. The molecule has 98 valence electrons. The zero-order valence-electron chi connectivity index (χ0n) is 10.5. The van der Waals surface area contributed by atoms with Crippen LogP contribution in [0.25, 0.3) is 0 Å². The lowest BCUT2D eigenvalue weighted by atomic mass is 9.85. The van der Waals surface area contributed by atoms with Crippen LogP contribution >= 0.6 is 0 Å². The van der Waals surface area contributed by atoms with Crippen LogP contribution in [0.1, 0.15) is 37.9 Å². The number of aromatic nitrogens is 2. The molecular formula is C11H18F3N3. The topological polar surface area (TPSA) is 43.8 Å². The minimum atomic E-state index is -4.34. The van der Waals surface area contributed by atoms with Crippen LogP contribution in [-0.4, -0.2) is 22.5 Å². The Hall–Kier alpha value is -1.04. The number of hydrogen-bond donors (Lipinski definition) is 1. The van der Waals surface area contributed by atoms with Gasteiger partial charge in [0.05, 0.1) is 11.6 Å². The van der Waals surface area contributed by atoms with Crippen molar-refractivity contribution in [2.24, 2.45) is 12.8 Å². The maximum Gasteiger partial charge on any atom is 0.397 e. The van der Waals surface area contributed by atoms with Gasteiger partial charge in [0.25, 0.3) is 0 Å². The van der Waals surface area contributed by atoms with Crippen molar-refractivity contribution in [2.45, 2.75) is 38.3 Å². The first-order valence-corrected chi connectivity index (χ1v) is 5.38. The van der Waals surface area contributed by atoms with Gasteiger partial charge in [-0.25, -0.2) is 0 Å². The SMILES string of the molecule is Cn1cc(C(CN)C(F)(F)F)c(C(C)(C)C)n1. The lowest BCUT2D eigenvalue weighted by molar-refractivity contribution is -0.148. The summed E-state index contributed by atoms with van der Waals surface area (Å²) >= 11 is 0. The van der Waals surface area contributed by atoms with Gasteiger partial charge in [0.2, 0.25) is 0 Å². The fourth-order valence-corrected chi connectivity index (χ4v) is 1.78. The van der Waals surface area contributed by atoms with E-state index in [0.717, 1.165) is 0 Å². The van der Waals surface area contributed by atoms with E-state index < -0.39 is 24.1 Å². The van der Waals surface area contributed by atoms with E-state index in [1.807, 2.05) is 20.8 Å². The molecule has 3 nitrogen and oxygen atoms in total. The average molecular weight is 249 g/mol. The number of aryl methyl sites for hydroxylation is 1. The van der Waals surface area contributed by atoms with Crippen molar-refractivity contribution in [3.05, 3.63) is 17.5 Å².